The number of likely N-dealkylation sites (tertiary alicyclic amines) is 1. The third-order valence-corrected chi connectivity index (χ3v) is 7.80. The maximum atomic E-state index is 7.01. The topological polar surface area (TPSA) is 50.6 Å². The Morgan fingerprint density at radius 2 is 1.79 bits per heavy atom. The van der Waals surface area contributed by atoms with E-state index in [1.165, 1.54) is 25.7 Å². The van der Waals surface area contributed by atoms with Gasteiger partial charge in [-0.2, -0.15) is 0 Å². The van der Waals surface area contributed by atoms with Crippen molar-refractivity contribution < 1.29 is 4.74 Å². The SMILES string of the molecule is CN1C2CC3CC(C2)C(C3)C12C=Nc1c(c3cccnc3c3ncccc13)O2. The molecule has 3 bridgehead atoms. The molecule has 5 atom stereocenters. The summed E-state index contributed by atoms with van der Waals surface area (Å²) in [6, 6.07) is 8.71. The maximum Gasteiger partial charge on any atom is 0.203 e. The van der Waals surface area contributed by atoms with Crippen molar-refractivity contribution in [2.45, 2.75) is 37.5 Å². The first-order chi connectivity index (χ1) is 13.7. The molecule has 28 heavy (non-hydrogen) atoms. The van der Waals surface area contributed by atoms with Gasteiger partial charge in [-0.15, -0.1) is 0 Å². The minimum Gasteiger partial charge on any atom is -0.464 e. The van der Waals surface area contributed by atoms with E-state index in [2.05, 4.69) is 40.3 Å². The van der Waals surface area contributed by atoms with Crippen molar-refractivity contribution in [3.63, 3.8) is 0 Å². The standard InChI is InChI=1S/C23H22N4O/c1-27-15-9-13-8-14(11-15)18(10-13)23(27)12-26-21-16-4-2-6-24-19(16)20-17(22(21)28-23)5-3-7-25-20/h2-7,12-15,18H,8-11H2,1H3. The van der Waals surface area contributed by atoms with Gasteiger partial charge in [-0.25, -0.2) is 0 Å². The van der Waals surface area contributed by atoms with E-state index in [1.54, 1.807) is 0 Å². The van der Waals surface area contributed by atoms with Crippen LogP contribution in [0, 0.1) is 17.8 Å². The van der Waals surface area contributed by atoms with Gasteiger partial charge in [-0.1, -0.05) is 0 Å². The van der Waals surface area contributed by atoms with Crippen LogP contribution in [0.2, 0.25) is 0 Å². The average molecular weight is 370 g/mol. The van der Waals surface area contributed by atoms with Crippen LogP contribution in [0.15, 0.2) is 41.7 Å². The van der Waals surface area contributed by atoms with Crippen LogP contribution in [0.1, 0.15) is 25.7 Å². The van der Waals surface area contributed by atoms with Crippen LogP contribution in [-0.2, 0) is 0 Å². The highest BCUT2D eigenvalue weighted by atomic mass is 16.5. The van der Waals surface area contributed by atoms with Gasteiger partial charge in [0.25, 0.3) is 0 Å². The van der Waals surface area contributed by atoms with E-state index >= 15 is 0 Å². The molecular weight excluding hydrogens is 348 g/mol. The van der Waals surface area contributed by atoms with Crippen LogP contribution in [0.3, 0.4) is 0 Å². The Labute approximate surface area is 163 Å². The van der Waals surface area contributed by atoms with Gasteiger partial charge in [0.15, 0.2) is 5.75 Å². The molecule has 2 aliphatic carbocycles. The summed E-state index contributed by atoms with van der Waals surface area (Å²) < 4.78 is 7.01. The largest absolute Gasteiger partial charge is 0.464 e. The lowest BCUT2D eigenvalue weighted by atomic mass is 9.74. The Morgan fingerprint density at radius 1 is 1.00 bits per heavy atom. The summed E-state index contributed by atoms with van der Waals surface area (Å²) in [5.41, 5.74) is 2.27. The second kappa shape index (κ2) is 5.09. The number of rotatable bonds is 0. The molecule has 1 saturated heterocycles. The maximum absolute atomic E-state index is 7.01. The fraction of sp³-hybridized carbons (Fsp3) is 0.435. The first kappa shape index (κ1) is 15.4. The normalized spacial score (nSPS) is 35.6. The molecule has 0 amide bonds. The zero-order valence-corrected chi connectivity index (χ0v) is 15.9. The minimum absolute atomic E-state index is 0.426. The van der Waals surface area contributed by atoms with Gasteiger partial charge < -0.3 is 4.74 Å². The van der Waals surface area contributed by atoms with E-state index in [4.69, 9.17) is 9.73 Å². The third kappa shape index (κ3) is 1.74. The molecule has 4 heterocycles. The highest BCUT2D eigenvalue weighted by Crippen LogP contribution is 2.59. The Bertz CT molecular complexity index is 1170. The van der Waals surface area contributed by atoms with Crippen molar-refractivity contribution in [3.8, 4) is 5.75 Å². The first-order valence-electron chi connectivity index (χ1n) is 10.4. The van der Waals surface area contributed by atoms with Gasteiger partial charge >= 0.3 is 0 Å². The van der Waals surface area contributed by atoms with Crippen molar-refractivity contribution in [1.82, 2.24) is 14.9 Å². The quantitative estimate of drug-likeness (QED) is 0.553. The van der Waals surface area contributed by atoms with Crippen molar-refractivity contribution >= 4 is 33.7 Å². The molecule has 3 fully saturated rings. The molecule has 0 radical (unpaired) electrons. The number of pyridine rings is 2. The summed E-state index contributed by atoms with van der Waals surface area (Å²) >= 11 is 0. The van der Waals surface area contributed by atoms with Crippen LogP contribution in [0.5, 0.6) is 5.75 Å². The summed E-state index contributed by atoms with van der Waals surface area (Å²) in [5.74, 6) is 3.02. The molecule has 1 spiro atoms. The number of hydrogen-bond acceptors (Lipinski definition) is 5. The van der Waals surface area contributed by atoms with Crippen LogP contribution >= 0.6 is 0 Å². The molecule has 140 valence electrons. The summed E-state index contributed by atoms with van der Waals surface area (Å²) in [4.78, 5) is 16.8. The van der Waals surface area contributed by atoms with E-state index in [9.17, 15) is 0 Å². The third-order valence-electron chi connectivity index (χ3n) is 7.80. The van der Waals surface area contributed by atoms with Crippen LogP contribution < -0.4 is 4.74 Å². The lowest BCUT2D eigenvalue weighted by Crippen LogP contribution is -2.65. The molecule has 0 N–H and O–H groups in total. The molecule has 3 aromatic rings. The fourth-order valence-corrected chi connectivity index (χ4v) is 6.62. The van der Waals surface area contributed by atoms with E-state index in [0.717, 1.165) is 45.1 Å². The van der Waals surface area contributed by atoms with Crippen molar-refractivity contribution in [1.29, 1.82) is 0 Å². The van der Waals surface area contributed by atoms with Gasteiger partial charge in [0.1, 0.15) is 11.2 Å². The highest BCUT2D eigenvalue weighted by molar-refractivity contribution is 6.13. The fourth-order valence-electron chi connectivity index (χ4n) is 6.62. The van der Waals surface area contributed by atoms with Crippen molar-refractivity contribution in [2.24, 2.45) is 22.7 Å². The number of aromatic nitrogens is 2. The summed E-state index contributed by atoms with van der Waals surface area (Å²) in [6.07, 6.45) is 11.0. The Balaban J connectivity index is 1.51. The van der Waals surface area contributed by atoms with Gasteiger partial charge in [-0.3, -0.25) is 19.9 Å². The van der Waals surface area contributed by atoms with E-state index < -0.39 is 5.72 Å². The second-order valence-electron chi connectivity index (χ2n) is 9.03. The van der Waals surface area contributed by atoms with E-state index in [0.29, 0.717) is 12.0 Å². The van der Waals surface area contributed by atoms with Gasteiger partial charge in [0.05, 0.1) is 11.7 Å². The summed E-state index contributed by atoms with van der Waals surface area (Å²) in [5, 5.41) is 2.03. The zero-order valence-electron chi connectivity index (χ0n) is 15.9. The van der Waals surface area contributed by atoms with Crippen LogP contribution in [-0.4, -0.2) is 39.9 Å². The zero-order chi connectivity index (χ0) is 18.5. The Hall–Kier alpha value is -2.53. The highest BCUT2D eigenvalue weighted by Gasteiger charge is 2.61. The molecule has 7 rings (SSSR count). The average Bonchev–Trinajstić information content (AvgIpc) is 3.03. The van der Waals surface area contributed by atoms with Crippen LogP contribution in [0.25, 0.3) is 21.8 Å². The van der Waals surface area contributed by atoms with Crippen LogP contribution in [0.4, 0.5) is 5.69 Å². The monoisotopic (exact) mass is 370 g/mol. The number of ether oxygens (including phenoxy) is 1. The minimum atomic E-state index is -0.426. The second-order valence-corrected chi connectivity index (χ2v) is 9.03. The number of hydrogen-bond donors (Lipinski definition) is 0. The Morgan fingerprint density at radius 3 is 2.64 bits per heavy atom. The lowest BCUT2D eigenvalue weighted by Gasteiger charge is -2.54. The van der Waals surface area contributed by atoms with Gasteiger partial charge in [0.2, 0.25) is 5.72 Å². The first-order valence-corrected chi connectivity index (χ1v) is 10.4. The molecule has 5 unspecified atom stereocenters. The molecule has 2 aromatic heterocycles. The summed E-state index contributed by atoms with van der Waals surface area (Å²) in [6.45, 7) is 0. The molecule has 1 aromatic carbocycles. The van der Waals surface area contributed by atoms with Gasteiger partial charge in [-0.05, 0) is 68.8 Å². The number of piperidine rings is 1. The van der Waals surface area contributed by atoms with Gasteiger partial charge in [0, 0.05) is 35.1 Å². The molecular formula is C23H22N4O. The molecule has 2 aliphatic heterocycles. The molecule has 4 aliphatic rings. The van der Waals surface area contributed by atoms with Crippen molar-refractivity contribution in [3.05, 3.63) is 36.7 Å². The molecule has 5 nitrogen and oxygen atoms in total. The lowest BCUT2D eigenvalue weighted by molar-refractivity contribution is -0.120. The summed E-state index contributed by atoms with van der Waals surface area (Å²) in [7, 11) is 2.24. The Kier molecular flexibility index (Phi) is 2.80. The molecule has 2 saturated carbocycles. The molecule has 5 heteroatoms. The number of fused-ring (bicyclic) bond motifs is 9. The smallest absolute Gasteiger partial charge is 0.203 e. The predicted octanol–water partition coefficient (Wildman–Crippen LogP) is 4.32. The predicted molar refractivity (Wildman–Crippen MR) is 109 cm³/mol. The number of aliphatic imine (C=N–C) groups is 1. The van der Waals surface area contributed by atoms with E-state index in [1.807, 2.05) is 24.5 Å². The van der Waals surface area contributed by atoms with E-state index in [-0.39, 0.29) is 0 Å². The number of nitrogens with zero attached hydrogens (tertiary/aromatic N) is 4. The number of benzene rings is 1. The van der Waals surface area contributed by atoms with Crippen molar-refractivity contribution in [2.75, 3.05) is 7.05 Å².